The number of fused-ring (bicyclic) bond motifs is 1. The molecule has 0 saturated heterocycles. The van der Waals surface area contributed by atoms with Crippen LogP contribution in [-0.4, -0.2) is 12.7 Å². The second kappa shape index (κ2) is 9.31. The molecule has 3 heteroatoms. The van der Waals surface area contributed by atoms with Crippen molar-refractivity contribution in [2.24, 2.45) is 11.8 Å². The molecule has 4 unspecified atom stereocenters. The zero-order chi connectivity index (χ0) is 21.1. The lowest BCUT2D eigenvalue weighted by Gasteiger charge is -2.42. The summed E-state index contributed by atoms with van der Waals surface area (Å²) < 4.78 is 33.6. The molecule has 2 aromatic rings. The number of ether oxygens (including phenoxy) is 1. The molecule has 0 bridgehead atoms. The van der Waals surface area contributed by atoms with Crippen molar-refractivity contribution < 1.29 is 13.5 Å². The highest BCUT2D eigenvalue weighted by atomic mass is 19.2. The lowest BCUT2D eigenvalue weighted by atomic mass is 9.65. The molecule has 2 aliphatic carbocycles. The van der Waals surface area contributed by atoms with Crippen molar-refractivity contribution in [2.45, 2.75) is 64.4 Å². The molecule has 2 aromatic carbocycles. The monoisotopic (exact) mass is 408 g/mol. The molecule has 2 aliphatic rings. The highest BCUT2D eigenvalue weighted by Crippen LogP contribution is 2.46. The molecule has 0 aromatic heterocycles. The minimum Gasteiger partial charge on any atom is -0.378 e. The Morgan fingerprint density at radius 1 is 0.867 bits per heavy atom. The van der Waals surface area contributed by atoms with Gasteiger partial charge < -0.3 is 4.74 Å². The van der Waals surface area contributed by atoms with Crippen molar-refractivity contribution in [3.8, 4) is 11.8 Å². The van der Waals surface area contributed by atoms with Gasteiger partial charge in [-0.3, -0.25) is 0 Å². The fraction of sp³-hybridized carbons (Fsp3) is 0.481. The van der Waals surface area contributed by atoms with Crippen LogP contribution in [0.3, 0.4) is 0 Å². The lowest BCUT2D eigenvalue weighted by molar-refractivity contribution is -0.00955. The van der Waals surface area contributed by atoms with Crippen LogP contribution in [0.1, 0.15) is 73.6 Å². The molecule has 158 valence electrons. The molecule has 0 spiro atoms. The molecule has 1 nitrogen and oxygen atoms in total. The van der Waals surface area contributed by atoms with E-state index >= 15 is 0 Å². The van der Waals surface area contributed by atoms with Gasteiger partial charge in [-0.15, -0.1) is 0 Å². The first-order valence-corrected chi connectivity index (χ1v) is 11.2. The van der Waals surface area contributed by atoms with Crippen LogP contribution in [-0.2, 0) is 4.74 Å². The Balaban J connectivity index is 1.40. The lowest BCUT2D eigenvalue weighted by Crippen LogP contribution is -2.33. The van der Waals surface area contributed by atoms with E-state index in [1.165, 1.54) is 50.2 Å². The zero-order valence-corrected chi connectivity index (χ0v) is 17.9. The number of benzene rings is 2. The quantitative estimate of drug-likeness (QED) is 0.510. The topological polar surface area (TPSA) is 9.23 Å². The van der Waals surface area contributed by atoms with E-state index in [-0.39, 0.29) is 5.56 Å². The first-order valence-electron chi connectivity index (χ1n) is 11.2. The van der Waals surface area contributed by atoms with Crippen molar-refractivity contribution in [3.63, 3.8) is 0 Å². The Hall–Kier alpha value is -2.18. The smallest absolute Gasteiger partial charge is 0.174 e. The summed E-state index contributed by atoms with van der Waals surface area (Å²) in [4.78, 5) is 0. The van der Waals surface area contributed by atoms with Crippen LogP contribution in [0.4, 0.5) is 8.78 Å². The van der Waals surface area contributed by atoms with E-state index in [0.717, 1.165) is 24.0 Å². The Kier molecular flexibility index (Phi) is 6.54. The third-order valence-corrected chi connectivity index (χ3v) is 6.97. The molecule has 4 rings (SSSR count). The first kappa shape index (κ1) is 21.1. The summed E-state index contributed by atoms with van der Waals surface area (Å²) in [6.45, 7) is 4.46. The Labute approximate surface area is 178 Å². The highest BCUT2D eigenvalue weighted by molar-refractivity contribution is 5.45. The van der Waals surface area contributed by atoms with Gasteiger partial charge in [0.1, 0.15) is 0 Å². The third-order valence-electron chi connectivity index (χ3n) is 6.97. The van der Waals surface area contributed by atoms with Crippen molar-refractivity contribution >= 4 is 0 Å². The molecular weight excluding hydrogens is 378 g/mol. The number of rotatable bonds is 3. The fourth-order valence-electron chi connectivity index (χ4n) is 5.26. The molecule has 0 radical (unpaired) electrons. The standard InChI is InChI=1S/C27H30F2O/c1-3-30-25-15-14-23-16-22(12-13-24(23)17-25)20-9-5-19(6-10-20)7-11-21-8-4-18(2)26(28)27(21)29/h4-6,8-10,22-25H,3,12-17H2,1-2H3. The van der Waals surface area contributed by atoms with Gasteiger partial charge in [0.25, 0.3) is 0 Å². The van der Waals surface area contributed by atoms with E-state index in [1.807, 2.05) is 12.1 Å². The van der Waals surface area contributed by atoms with E-state index in [2.05, 4.69) is 30.9 Å². The predicted octanol–water partition coefficient (Wildman–Crippen LogP) is 6.76. The summed E-state index contributed by atoms with van der Waals surface area (Å²) in [6.07, 6.45) is 7.98. The van der Waals surface area contributed by atoms with Crippen LogP contribution in [0.15, 0.2) is 36.4 Å². The molecule has 0 heterocycles. The molecule has 2 saturated carbocycles. The van der Waals surface area contributed by atoms with Crippen molar-refractivity contribution in [1.29, 1.82) is 0 Å². The highest BCUT2D eigenvalue weighted by Gasteiger charge is 2.36. The van der Waals surface area contributed by atoms with Crippen molar-refractivity contribution in [3.05, 3.63) is 70.3 Å². The fourth-order valence-corrected chi connectivity index (χ4v) is 5.26. The summed E-state index contributed by atoms with van der Waals surface area (Å²) in [6, 6.07) is 11.4. The first-order chi connectivity index (χ1) is 14.5. The summed E-state index contributed by atoms with van der Waals surface area (Å²) >= 11 is 0. The van der Waals surface area contributed by atoms with E-state index in [0.29, 0.717) is 17.6 Å². The minimum atomic E-state index is -0.866. The molecular formula is C27H30F2O. The van der Waals surface area contributed by atoms with Gasteiger partial charge in [0, 0.05) is 12.2 Å². The summed E-state index contributed by atoms with van der Waals surface area (Å²) in [5.41, 5.74) is 2.59. The second-order valence-corrected chi connectivity index (χ2v) is 8.85. The molecule has 4 atom stereocenters. The maximum atomic E-state index is 14.0. The summed E-state index contributed by atoms with van der Waals surface area (Å²) in [7, 11) is 0. The Bertz CT molecular complexity index is 938. The predicted molar refractivity (Wildman–Crippen MR) is 116 cm³/mol. The Morgan fingerprint density at radius 3 is 2.37 bits per heavy atom. The molecule has 30 heavy (non-hydrogen) atoms. The van der Waals surface area contributed by atoms with Crippen LogP contribution in [0, 0.1) is 42.2 Å². The number of hydrogen-bond donors (Lipinski definition) is 0. The van der Waals surface area contributed by atoms with Gasteiger partial charge in [-0.05, 0) is 99.5 Å². The zero-order valence-electron chi connectivity index (χ0n) is 17.9. The number of halogens is 2. The van der Waals surface area contributed by atoms with Crippen LogP contribution in [0.2, 0.25) is 0 Å². The largest absolute Gasteiger partial charge is 0.378 e. The van der Waals surface area contributed by atoms with Crippen molar-refractivity contribution in [2.75, 3.05) is 6.61 Å². The molecule has 0 amide bonds. The number of aryl methyl sites for hydroxylation is 1. The minimum absolute atomic E-state index is 0.100. The van der Waals surface area contributed by atoms with E-state index in [9.17, 15) is 8.78 Å². The van der Waals surface area contributed by atoms with E-state index in [4.69, 9.17) is 4.74 Å². The normalized spacial score (nSPS) is 25.9. The van der Waals surface area contributed by atoms with Crippen molar-refractivity contribution in [1.82, 2.24) is 0 Å². The van der Waals surface area contributed by atoms with Gasteiger partial charge in [-0.1, -0.05) is 30.0 Å². The van der Waals surface area contributed by atoms with Gasteiger partial charge in [0.2, 0.25) is 0 Å². The van der Waals surface area contributed by atoms with Crippen LogP contribution in [0.25, 0.3) is 0 Å². The summed E-state index contributed by atoms with van der Waals surface area (Å²) in [5, 5.41) is 0. The average Bonchev–Trinajstić information content (AvgIpc) is 2.77. The molecule has 0 N–H and O–H groups in total. The van der Waals surface area contributed by atoms with Crippen LogP contribution >= 0.6 is 0 Å². The third kappa shape index (κ3) is 4.60. The SMILES string of the molecule is CCOC1CCC2CC(c3ccc(C#Cc4ccc(C)c(F)c4F)cc3)CCC2C1. The van der Waals surface area contributed by atoms with Gasteiger partial charge in [0.05, 0.1) is 11.7 Å². The maximum absolute atomic E-state index is 14.0. The maximum Gasteiger partial charge on any atom is 0.174 e. The van der Waals surface area contributed by atoms with Gasteiger partial charge in [0.15, 0.2) is 11.6 Å². The number of hydrogen-bond acceptors (Lipinski definition) is 1. The van der Waals surface area contributed by atoms with Gasteiger partial charge >= 0.3 is 0 Å². The van der Waals surface area contributed by atoms with Gasteiger partial charge in [-0.2, -0.15) is 0 Å². The van der Waals surface area contributed by atoms with E-state index < -0.39 is 11.6 Å². The summed E-state index contributed by atoms with van der Waals surface area (Å²) in [5.74, 6) is 6.31. The van der Waals surface area contributed by atoms with E-state index in [1.54, 1.807) is 13.0 Å². The average molecular weight is 409 g/mol. The molecule has 2 fully saturated rings. The second-order valence-electron chi connectivity index (χ2n) is 8.85. The Morgan fingerprint density at radius 2 is 1.60 bits per heavy atom. The van der Waals surface area contributed by atoms with Crippen LogP contribution in [0.5, 0.6) is 0 Å². The van der Waals surface area contributed by atoms with Gasteiger partial charge in [-0.25, -0.2) is 8.78 Å². The molecule has 0 aliphatic heterocycles. The van der Waals surface area contributed by atoms with Crippen LogP contribution < -0.4 is 0 Å².